The second-order valence-corrected chi connectivity index (χ2v) is 11.7. The Kier molecular flexibility index (Phi) is 4.69. The van der Waals surface area contributed by atoms with Crippen LogP contribution in [0.15, 0.2) is 56.8 Å². The fraction of sp³-hybridized carbons (Fsp3) is 0.300. The number of hydrogen-bond acceptors (Lipinski definition) is 4. The molecule has 4 heterocycles. The van der Waals surface area contributed by atoms with Crippen molar-refractivity contribution in [3.8, 4) is 11.3 Å². The predicted molar refractivity (Wildman–Crippen MR) is 144 cm³/mol. The Bertz CT molecular complexity index is 1710. The van der Waals surface area contributed by atoms with Gasteiger partial charge < -0.3 is 8.83 Å². The molecule has 0 saturated carbocycles. The fourth-order valence-corrected chi connectivity index (χ4v) is 6.29. The first kappa shape index (κ1) is 21.4. The number of hydrogen-bond donors (Lipinski definition) is 0. The van der Waals surface area contributed by atoms with Crippen LogP contribution in [0.1, 0.15) is 51.5 Å². The van der Waals surface area contributed by atoms with Crippen LogP contribution in [0.3, 0.4) is 0 Å². The molecular weight excluding hydrogens is 438 g/mol. The van der Waals surface area contributed by atoms with Crippen LogP contribution in [0, 0.1) is 12.8 Å². The van der Waals surface area contributed by atoms with Gasteiger partial charge in [0.25, 0.3) is 0 Å². The Hall–Kier alpha value is -3.11. The molecule has 0 saturated heterocycles. The SMILES string of the molecule is Cc1oc2c(ccc3oc4ccnc(-c5cc(C(C)(C)C)c6sccc6c5)c4c32)c1CC(C)C. The molecule has 4 heteroatoms. The molecule has 0 N–H and O–H groups in total. The average molecular weight is 468 g/mol. The summed E-state index contributed by atoms with van der Waals surface area (Å²) in [5.74, 6) is 1.55. The van der Waals surface area contributed by atoms with Crippen LogP contribution in [0.2, 0.25) is 0 Å². The minimum absolute atomic E-state index is 0.0304. The van der Waals surface area contributed by atoms with Gasteiger partial charge in [-0.1, -0.05) is 34.6 Å². The van der Waals surface area contributed by atoms with Crippen molar-refractivity contribution >= 4 is 54.3 Å². The number of aryl methyl sites for hydroxylation is 1. The first-order chi connectivity index (χ1) is 16.2. The van der Waals surface area contributed by atoms with E-state index in [0.29, 0.717) is 5.92 Å². The third-order valence-corrected chi connectivity index (χ3v) is 7.72. The molecule has 0 atom stereocenters. The zero-order valence-corrected chi connectivity index (χ0v) is 21.4. The Morgan fingerprint density at radius 2 is 1.76 bits per heavy atom. The monoisotopic (exact) mass is 467 g/mol. The van der Waals surface area contributed by atoms with Gasteiger partial charge in [-0.3, -0.25) is 4.98 Å². The molecule has 6 aromatic rings. The van der Waals surface area contributed by atoms with E-state index in [0.717, 1.165) is 51.0 Å². The van der Waals surface area contributed by atoms with E-state index in [2.05, 4.69) is 77.3 Å². The van der Waals surface area contributed by atoms with Gasteiger partial charge in [0.1, 0.15) is 22.5 Å². The minimum atomic E-state index is 0.0304. The molecular formula is C30H29NO2S. The van der Waals surface area contributed by atoms with E-state index in [4.69, 9.17) is 13.8 Å². The van der Waals surface area contributed by atoms with E-state index in [9.17, 15) is 0 Å². The molecule has 0 unspecified atom stereocenters. The molecule has 172 valence electrons. The molecule has 4 aromatic heterocycles. The highest BCUT2D eigenvalue weighted by molar-refractivity contribution is 7.17. The zero-order valence-electron chi connectivity index (χ0n) is 20.6. The highest BCUT2D eigenvalue weighted by Crippen LogP contribution is 2.43. The summed E-state index contributed by atoms with van der Waals surface area (Å²) in [7, 11) is 0. The summed E-state index contributed by atoms with van der Waals surface area (Å²) in [5, 5.41) is 6.67. The molecule has 2 aromatic carbocycles. The lowest BCUT2D eigenvalue weighted by Gasteiger charge is -2.21. The Labute approximate surface area is 203 Å². The van der Waals surface area contributed by atoms with Crippen molar-refractivity contribution in [1.29, 1.82) is 0 Å². The van der Waals surface area contributed by atoms with E-state index in [1.165, 1.54) is 26.6 Å². The van der Waals surface area contributed by atoms with Crippen molar-refractivity contribution in [1.82, 2.24) is 4.98 Å². The summed E-state index contributed by atoms with van der Waals surface area (Å²) in [6.45, 7) is 13.4. The van der Waals surface area contributed by atoms with Crippen LogP contribution in [-0.2, 0) is 11.8 Å². The molecule has 0 radical (unpaired) electrons. The maximum Gasteiger partial charge on any atom is 0.146 e. The van der Waals surface area contributed by atoms with Crippen LogP contribution in [-0.4, -0.2) is 4.98 Å². The number of rotatable bonds is 3. The molecule has 0 aliphatic carbocycles. The summed E-state index contributed by atoms with van der Waals surface area (Å²) in [5.41, 5.74) is 7.33. The van der Waals surface area contributed by atoms with Crippen molar-refractivity contribution in [3.63, 3.8) is 0 Å². The number of pyridine rings is 1. The summed E-state index contributed by atoms with van der Waals surface area (Å²) in [6.07, 6.45) is 2.85. The number of fused-ring (bicyclic) bond motifs is 6. The predicted octanol–water partition coefficient (Wildman–Crippen LogP) is 9.41. The largest absolute Gasteiger partial charge is 0.460 e. The van der Waals surface area contributed by atoms with Crippen molar-refractivity contribution in [2.45, 2.75) is 53.4 Å². The van der Waals surface area contributed by atoms with Gasteiger partial charge in [0.15, 0.2) is 0 Å². The Morgan fingerprint density at radius 1 is 0.971 bits per heavy atom. The van der Waals surface area contributed by atoms with Gasteiger partial charge in [0, 0.05) is 27.4 Å². The van der Waals surface area contributed by atoms with Gasteiger partial charge in [-0.15, -0.1) is 11.3 Å². The van der Waals surface area contributed by atoms with Crippen LogP contribution in [0.5, 0.6) is 0 Å². The molecule has 3 nitrogen and oxygen atoms in total. The van der Waals surface area contributed by atoms with E-state index in [1.807, 2.05) is 23.6 Å². The summed E-state index contributed by atoms with van der Waals surface area (Å²) < 4.78 is 14.1. The summed E-state index contributed by atoms with van der Waals surface area (Å²) >= 11 is 1.81. The van der Waals surface area contributed by atoms with E-state index in [-0.39, 0.29) is 5.41 Å². The van der Waals surface area contributed by atoms with Crippen molar-refractivity contribution in [3.05, 3.63) is 64.9 Å². The first-order valence-corrected chi connectivity index (χ1v) is 12.8. The second kappa shape index (κ2) is 7.44. The number of furan rings is 2. The first-order valence-electron chi connectivity index (χ1n) is 12.0. The fourth-order valence-electron chi connectivity index (χ4n) is 5.18. The van der Waals surface area contributed by atoms with Gasteiger partial charge >= 0.3 is 0 Å². The van der Waals surface area contributed by atoms with Crippen molar-refractivity contribution in [2.75, 3.05) is 0 Å². The van der Waals surface area contributed by atoms with Gasteiger partial charge in [0.05, 0.1) is 16.5 Å². The van der Waals surface area contributed by atoms with E-state index < -0.39 is 0 Å². The number of aromatic nitrogens is 1. The zero-order chi connectivity index (χ0) is 23.8. The van der Waals surface area contributed by atoms with Crippen LogP contribution in [0.4, 0.5) is 0 Å². The molecule has 0 spiro atoms. The smallest absolute Gasteiger partial charge is 0.146 e. The van der Waals surface area contributed by atoms with Crippen LogP contribution < -0.4 is 0 Å². The number of thiophene rings is 1. The molecule has 0 bridgehead atoms. The highest BCUT2D eigenvalue weighted by atomic mass is 32.1. The third kappa shape index (κ3) is 3.19. The Balaban J connectivity index is 1.71. The van der Waals surface area contributed by atoms with E-state index >= 15 is 0 Å². The molecule has 0 fully saturated rings. The lowest BCUT2D eigenvalue weighted by molar-refractivity contribution is 0.562. The average Bonchev–Trinajstić information content (AvgIpc) is 3.47. The van der Waals surface area contributed by atoms with E-state index in [1.54, 1.807) is 0 Å². The van der Waals surface area contributed by atoms with Gasteiger partial charge in [-0.05, 0) is 77.4 Å². The quantitative estimate of drug-likeness (QED) is 0.260. The maximum atomic E-state index is 6.42. The Morgan fingerprint density at radius 3 is 2.53 bits per heavy atom. The normalized spacial score (nSPS) is 12.8. The van der Waals surface area contributed by atoms with Crippen molar-refractivity contribution in [2.24, 2.45) is 5.92 Å². The van der Waals surface area contributed by atoms with Gasteiger partial charge in [0.2, 0.25) is 0 Å². The molecule has 6 rings (SSSR count). The number of benzene rings is 2. The standard InChI is InChI=1S/C30H29NO2S/c1-16(2)13-21-17(3)32-28-20(21)7-8-23-26(28)25-24(33-23)9-11-31-27(25)19-14-18-10-12-34-29(18)22(15-19)30(4,5)6/h7-12,14-16H,13H2,1-6H3. The van der Waals surface area contributed by atoms with Crippen molar-refractivity contribution < 1.29 is 8.83 Å². The summed E-state index contributed by atoms with van der Waals surface area (Å²) in [4.78, 5) is 4.90. The van der Waals surface area contributed by atoms with Crippen LogP contribution >= 0.6 is 11.3 Å². The number of nitrogens with zero attached hydrogens (tertiary/aromatic N) is 1. The second-order valence-electron chi connectivity index (χ2n) is 10.8. The third-order valence-electron chi connectivity index (χ3n) is 6.75. The highest BCUT2D eigenvalue weighted by Gasteiger charge is 2.24. The molecule has 34 heavy (non-hydrogen) atoms. The summed E-state index contributed by atoms with van der Waals surface area (Å²) in [6, 6.07) is 13.0. The van der Waals surface area contributed by atoms with Gasteiger partial charge in [-0.25, -0.2) is 0 Å². The molecule has 0 aliphatic heterocycles. The molecule has 0 amide bonds. The maximum absolute atomic E-state index is 6.42. The lowest BCUT2D eigenvalue weighted by atomic mass is 9.84. The topological polar surface area (TPSA) is 39.2 Å². The minimum Gasteiger partial charge on any atom is -0.460 e. The molecule has 0 aliphatic rings. The lowest BCUT2D eigenvalue weighted by Crippen LogP contribution is -2.11. The van der Waals surface area contributed by atoms with Crippen LogP contribution in [0.25, 0.3) is 54.3 Å². The van der Waals surface area contributed by atoms with Gasteiger partial charge in [-0.2, -0.15) is 0 Å².